The van der Waals surface area contributed by atoms with Gasteiger partial charge in [0.05, 0.1) is 0 Å². The molecule has 0 atom stereocenters. The van der Waals surface area contributed by atoms with Crippen molar-refractivity contribution in [3.8, 4) is 0 Å². The molecule has 19 heavy (non-hydrogen) atoms. The molecule has 1 fully saturated rings. The molecule has 96 valence electrons. The molecular weight excluding hydrogens is 228 g/mol. The predicted octanol–water partition coefficient (Wildman–Crippen LogP) is 5.01. The SMILES string of the molecule is [2H]C1(C)c2ccccc2C2(CCCC2)c2ccccc21. The average molecular weight is 249 g/mol. The Kier molecular flexibility index (Phi) is 2.14. The molecule has 0 aromatic heterocycles. The molecule has 2 aromatic carbocycles. The van der Waals surface area contributed by atoms with Crippen LogP contribution >= 0.6 is 0 Å². The predicted molar refractivity (Wildman–Crippen MR) is 79.6 cm³/mol. The molecule has 2 aliphatic rings. The molecule has 0 radical (unpaired) electrons. The van der Waals surface area contributed by atoms with E-state index in [9.17, 15) is 0 Å². The third-order valence-electron chi connectivity index (χ3n) is 5.15. The lowest BCUT2D eigenvalue weighted by molar-refractivity contribution is 0.504. The van der Waals surface area contributed by atoms with Gasteiger partial charge in [-0.1, -0.05) is 68.3 Å². The van der Waals surface area contributed by atoms with E-state index in [1.54, 1.807) is 0 Å². The molecule has 4 rings (SSSR count). The van der Waals surface area contributed by atoms with Crippen LogP contribution in [0.25, 0.3) is 0 Å². The lowest BCUT2D eigenvalue weighted by Gasteiger charge is -2.41. The van der Waals surface area contributed by atoms with Gasteiger partial charge in [0, 0.05) is 12.7 Å². The van der Waals surface area contributed by atoms with Crippen LogP contribution in [0.5, 0.6) is 0 Å². The van der Waals surface area contributed by atoms with Crippen molar-refractivity contribution in [3.05, 3.63) is 70.8 Å². The quantitative estimate of drug-likeness (QED) is 0.615. The lowest BCUT2D eigenvalue weighted by atomic mass is 9.63. The van der Waals surface area contributed by atoms with Crippen molar-refractivity contribution >= 4 is 0 Å². The molecule has 1 spiro atoms. The highest BCUT2D eigenvalue weighted by Crippen LogP contribution is 2.54. The first-order chi connectivity index (χ1) is 9.66. The molecule has 0 saturated heterocycles. The van der Waals surface area contributed by atoms with Gasteiger partial charge in [-0.05, 0) is 35.1 Å². The summed E-state index contributed by atoms with van der Waals surface area (Å²) in [6, 6.07) is 17.3. The molecule has 0 heteroatoms. The van der Waals surface area contributed by atoms with Crippen LogP contribution < -0.4 is 0 Å². The highest BCUT2D eigenvalue weighted by atomic mass is 14.5. The van der Waals surface area contributed by atoms with Gasteiger partial charge >= 0.3 is 0 Å². The fraction of sp³-hybridized carbons (Fsp3) is 0.368. The van der Waals surface area contributed by atoms with Crippen LogP contribution in [0.15, 0.2) is 48.5 Å². The van der Waals surface area contributed by atoms with Crippen LogP contribution in [-0.2, 0) is 5.41 Å². The number of rotatable bonds is 0. The minimum absolute atomic E-state index is 0.174. The summed E-state index contributed by atoms with van der Waals surface area (Å²) in [5.41, 5.74) is 5.41. The third-order valence-corrected chi connectivity index (χ3v) is 5.15. The standard InChI is InChI=1S/C19H20/c1-14-15-8-2-4-10-17(15)19(12-6-7-13-19)18-11-5-3-9-16(14)18/h2-5,8-11,14H,6-7,12-13H2,1H3/i14D. The largest absolute Gasteiger partial charge is 0.0620 e. The first-order valence-electron chi connectivity index (χ1n) is 7.86. The van der Waals surface area contributed by atoms with Gasteiger partial charge in [-0.15, -0.1) is 0 Å². The first-order valence-corrected chi connectivity index (χ1v) is 7.36. The fourth-order valence-corrected chi connectivity index (χ4v) is 4.26. The normalized spacial score (nSPS) is 22.7. The average Bonchev–Trinajstić information content (AvgIpc) is 2.97. The van der Waals surface area contributed by atoms with Crippen molar-refractivity contribution in [2.24, 2.45) is 0 Å². The monoisotopic (exact) mass is 249 g/mol. The summed E-state index contributed by atoms with van der Waals surface area (Å²) in [5.74, 6) is -0.624. The van der Waals surface area contributed by atoms with Gasteiger partial charge in [-0.3, -0.25) is 0 Å². The van der Waals surface area contributed by atoms with Crippen molar-refractivity contribution in [1.82, 2.24) is 0 Å². The topological polar surface area (TPSA) is 0 Å². The summed E-state index contributed by atoms with van der Waals surface area (Å²) in [6.07, 6.45) is 5.07. The molecule has 0 unspecified atom stereocenters. The Morgan fingerprint density at radius 2 is 1.37 bits per heavy atom. The molecule has 1 saturated carbocycles. The van der Waals surface area contributed by atoms with E-state index in [0.29, 0.717) is 0 Å². The van der Waals surface area contributed by atoms with Crippen LogP contribution in [0.4, 0.5) is 0 Å². The van der Waals surface area contributed by atoms with Gasteiger partial charge in [0.25, 0.3) is 0 Å². The highest BCUT2D eigenvalue weighted by molar-refractivity contribution is 5.56. The second kappa shape index (κ2) is 3.96. The second-order valence-electron chi connectivity index (χ2n) is 6.01. The number of benzene rings is 2. The zero-order valence-electron chi connectivity index (χ0n) is 12.4. The van der Waals surface area contributed by atoms with E-state index in [-0.39, 0.29) is 5.41 Å². The minimum Gasteiger partial charge on any atom is -0.0620 e. The van der Waals surface area contributed by atoms with E-state index in [0.717, 1.165) is 0 Å². The van der Waals surface area contributed by atoms with Crippen LogP contribution in [-0.4, -0.2) is 0 Å². The maximum absolute atomic E-state index is 8.94. The van der Waals surface area contributed by atoms with Gasteiger partial charge in [-0.25, -0.2) is 0 Å². The van der Waals surface area contributed by atoms with Gasteiger partial charge in [0.15, 0.2) is 0 Å². The Labute approximate surface area is 116 Å². The summed E-state index contributed by atoms with van der Waals surface area (Å²) in [5, 5.41) is 0. The summed E-state index contributed by atoms with van der Waals surface area (Å²) in [6.45, 7) is 2.05. The first kappa shape index (κ1) is 10.3. The fourth-order valence-electron chi connectivity index (χ4n) is 4.26. The third kappa shape index (κ3) is 1.40. The Bertz CT molecular complexity index is 611. The van der Waals surface area contributed by atoms with E-state index >= 15 is 0 Å². The number of fused-ring (bicyclic) bond motifs is 4. The Morgan fingerprint density at radius 1 is 0.895 bits per heavy atom. The summed E-state index contributed by atoms with van der Waals surface area (Å²) in [7, 11) is 0. The molecule has 0 bridgehead atoms. The van der Waals surface area contributed by atoms with Crippen molar-refractivity contribution in [2.75, 3.05) is 0 Å². The van der Waals surface area contributed by atoms with Gasteiger partial charge in [0.1, 0.15) is 0 Å². The number of hydrogen-bond donors (Lipinski definition) is 0. The van der Waals surface area contributed by atoms with E-state index in [1.165, 1.54) is 47.9 Å². The summed E-state index contributed by atoms with van der Waals surface area (Å²) in [4.78, 5) is 0. The Balaban J connectivity index is 2.10. The van der Waals surface area contributed by atoms with Crippen molar-refractivity contribution in [2.45, 2.75) is 43.9 Å². The van der Waals surface area contributed by atoms with Gasteiger partial charge in [-0.2, -0.15) is 0 Å². The van der Waals surface area contributed by atoms with E-state index < -0.39 is 5.89 Å². The van der Waals surface area contributed by atoms with Crippen molar-refractivity contribution in [1.29, 1.82) is 0 Å². The lowest BCUT2D eigenvalue weighted by Crippen LogP contribution is -2.31. The summed E-state index contributed by atoms with van der Waals surface area (Å²) < 4.78 is 8.94. The smallest absolute Gasteiger partial charge is 0.0399 e. The summed E-state index contributed by atoms with van der Waals surface area (Å²) >= 11 is 0. The van der Waals surface area contributed by atoms with Crippen LogP contribution in [0.3, 0.4) is 0 Å². The minimum atomic E-state index is -0.624. The van der Waals surface area contributed by atoms with Gasteiger partial charge in [0.2, 0.25) is 0 Å². The van der Waals surface area contributed by atoms with Crippen LogP contribution in [0.2, 0.25) is 0 Å². The molecule has 0 aliphatic heterocycles. The molecule has 2 aromatic rings. The van der Waals surface area contributed by atoms with Crippen molar-refractivity contribution < 1.29 is 1.37 Å². The molecule has 2 aliphatic carbocycles. The maximum Gasteiger partial charge on any atom is 0.0399 e. The van der Waals surface area contributed by atoms with E-state index in [4.69, 9.17) is 1.37 Å². The Hall–Kier alpha value is -1.56. The maximum atomic E-state index is 8.94. The second-order valence-corrected chi connectivity index (χ2v) is 6.01. The Morgan fingerprint density at radius 3 is 1.89 bits per heavy atom. The molecule has 0 heterocycles. The van der Waals surface area contributed by atoms with Gasteiger partial charge < -0.3 is 0 Å². The molecular formula is C19H20. The zero-order chi connectivity index (χ0) is 13.8. The van der Waals surface area contributed by atoms with Crippen molar-refractivity contribution in [3.63, 3.8) is 0 Å². The number of hydrogen-bond acceptors (Lipinski definition) is 0. The molecule has 0 nitrogen and oxygen atoms in total. The zero-order valence-corrected chi connectivity index (χ0v) is 11.4. The van der Waals surface area contributed by atoms with Crippen LogP contribution in [0.1, 0.15) is 62.1 Å². The molecule has 0 N–H and O–H groups in total. The highest BCUT2D eigenvalue weighted by Gasteiger charge is 2.43. The van der Waals surface area contributed by atoms with E-state index in [2.05, 4.69) is 48.5 Å². The van der Waals surface area contributed by atoms with E-state index in [1.807, 2.05) is 6.92 Å². The van der Waals surface area contributed by atoms with Crippen LogP contribution in [0, 0.1) is 0 Å². The molecule has 0 amide bonds.